The van der Waals surface area contributed by atoms with E-state index in [2.05, 4.69) is 183 Å². The van der Waals surface area contributed by atoms with Gasteiger partial charge >= 0.3 is 0 Å². The molecule has 4 aliphatic rings. The molecule has 1 heterocycles. The van der Waals surface area contributed by atoms with Crippen molar-refractivity contribution in [1.29, 1.82) is 0 Å². The van der Waals surface area contributed by atoms with Crippen LogP contribution in [0.1, 0.15) is 61.8 Å². The quantitative estimate of drug-likeness (QED) is 0.173. The fraction of sp³-hybridized carbons (Fsp3) is 0.179. The van der Waals surface area contributed by atoms with E-state index < -0.39 is 0 Å². The number of rotatable bonds is 4. The lowest BCUT2D eigenvalue weighted by Gasteiger charge is -2.37. The van der Waals surface area contributed by atoms with Gasteiger partial charge in [-0.3, -0.25) is 0 Å². The molecule has 0 radical (unpaired) electrons. The summed E-state index contributed by atoms with van der Waals surface area (Å²) in [5.41, 5.74) is 17.7. The average Bonchev–Trinajstić information content (AvgIpc) is 4.09. The third-order valence-corrected chi connectivity index (χ3v) is 16.1. The first-order chi connectivity index (χ1) is 28.5. The molecule has 2 heteroatoms. The predicted octanol–water partition coefficient (Wildman–Crippen LogP) is 15.7. The Labute approximate surface area is 344 Å². The fourth-order valence-corrected chi connectivity index (χ4v) is 13.9. The lowest BCUT2D eigenvalue weighted by Crippen LogP contribution is -2.32. The van der Waals surface area contributed by atoms with Crippen molar-refractivity contribution in [2.75, 3.05) is 4.90 Å². The standard InChI is InChI=1S/C56H43NS/c1-55(2)46-20-8-5-16-40(46)43-18-11-19-44(53(43)55)42-17-7-10-22-49(42)57(50-23-12-24-51-52(50)45-29-26-35-13-3-4-14-38(35)54(45)58-51)37-28-30-41-39-15-6-9-21-47(39)56(48(41)32-37)33-34-25-27-36(56)31-34/h3-24,26,28-30,32,34,36H,25,27,31,33H2,1-2H3. The van der Waals surface area contributed by atoms with E-state index in [0.717, 1.165) is 5.92 Å². The fourth-order valence-electron chi connectivity index (χ4n) is 12.6. The van der Waals surface area contributed by atoms with Gasteiger partial charge in [0.05, 0.1) is 11.4 Å². The van der Waals surface area contributed by atoms with E-state index in [-0.39, 0.29) is 10.8 Å². The van der Waals surface area contributed by atoms with E-state index in [0.29, 0.717) is 5.92 Å². The van der Waals surface area contributed by atoms with Crippen LogP contribution in [0.25, 0.3) is 64.3 Å². The van der Waals surface area contributed by atoms with Gasteiger partial charge in [0.25, 0.3) is 0 Å². The van der Waals surface area contributed by atoms with Crippen LogP contribution in [0.15, 0.2) is 164 Å². The van der Waals surface area contributed by atoms with Crippen molar-refractivity contribution in [3.63, 3.8) is 0 Å². The maximum absolute atomic E-state index is 2.64. The van der Waals surface area contributed by atoms with Crippen molar-refractivity contribution in [2.24, 2.45) is 11.8 Å². The molecule has 2 saturated carbocycles. The van der Waals surface area contributed by atoms with Gasteiger partial charge in [-0.1, -0.05) is 154 Å². The van der Waals surface area contributed by atoms with Crippen molar-refractivity contribution < 1.29 is 0 Å². The van der Waals surface area contributed by atoms with Crippen LogP contribution < -0.4 is 4.90 Å². The summed E-state index contributed by atoms with van der Waals surface area (Å²) in [6, 6.07) is 62.7. The Morgan fingerprint density at radius 3 is 2.03 bits per heavy atom. The molecule has 2 fully saturated rings. The molecule has 0 aliphatic heterocycles. The molecule has 3 unspecified atom stereocenters. The molecular formula is C56H43NS. The van der Waals surface area contributed by atoms with Gasteiger partial charge in [0.15, 0.2) is 0 Å². The van der Waals surface area contributed by atoms with E-state index in [1.54, 1.807) is 11.1 Å². The van der Waals surface area contributed by atoms with Crippen molar-refractivity contribution in [3.8, 4) is 33.4 Å². The summed E-state index contributed by atoms with van der Waals surface area (Å²) in [6.07, 6.45) is 5.34. The van der Waals surface area contributed by atoms with E-state index in [1.165, 1.54) is 118 Å². The molecule has 3 atom stereocenters. The van der Waals surface area contributed by atoms with Crippen LogP contribution in [-0.4, -0.2) is 0 Å². The van der Waals surface area contributed by atoms with Crippen molar-refractivity contribution >= 4 is 59.3 Å². The van der Waals surface area contributed by atoms with Crippen LogP contribution in [0.3, 0.4) is 0 Å². The summed E-state index contributed by atoms with van der Waals surface area (Å²) in [5, 5.41) is 5.27. The lowest BCUT2D eigenvalue weighted by molar-refractivity contribution is 0.327. The van der Waals surface area contributed by atoms with Gasteiger partial charge in [-0.15, -0.1) is 11.3 Å². The molecule has 0 amide bonds. The van der Waals surface area contributed by atoms with Crippen LogP contribution in [0.5, 0.6) is 0 Å². The number of para-hydroxylation sites is 1. The zero-order chi connectivity index (χ0) is 38.3. The number of benzene rings is 8. The smallest absolute Gasteiger partial charge is 0.0555 e. The van der Waals surface area contributed by atoms with Gasteiger partial charge in [-0.05, 0) is 122 Å². The molecule has 1 spiro atoms. The van der Waals surface area contributed by atoms with E-state index in [1.807, 2.05) is 11.3 Å². The van der Waals surface area contributed by atoms with Gasteiger partial charge in [-0.25, -0.2) is 0 Å². The summed E-state index contributed by atoms with van der Waals surface area (Å²) in [5.74, 6) is 1.52. The summed E-state index contributed by atoms with van der Waals surface area (Å²) in [7, 11) is 0. The molecule has 0 saturated heterocycles. The molecule has 1 nitrogen and oxygen atoms in total. The molecule has 13 rings (SSSR count). The Balaban J connectivity index is 1.10. The lowest BCUT2D eigenvalue weighted by atomic mass is 9.67. The zero-order valence-electron chi connectivity index (χ0n) is 32.9. The second-order valence-electron chi connectivity index (χ2n) is 18.0. The molecule has 58 heavy (non-hydrogen) atoms. The Morgan fingerprint density at radius 2 is 1.21 bits per heavy atom. The molecule has 1 aromatic heterocycles. The second-order valence-corrected chi connectivity index (χ2v) is 19.0. The average molecular weight is 762 g/mol. The second kappa shape index (κ2) is 11.8. The van der Waals surface area contributed by atoms with E-state index in [4.69, 9.17) is 0 Å². The number of fused-ring (bicyclic) bond motifs is 16. The van der Waals surface area contributed by atoms with Crippen molar-refractivity contribution in [1.82, 2.24) is 0 Å². The first-order valence-electron chi connectivity index (χ1n) is 21.2. The minimum atomic E-state index is -0.140. The first-order valence-corrected chi connectivity index (χ1v) is 22.0. The SMILES string of the molecule is CC1(C)c2ccccc2-c2cccc(-c3ccccc3N(c3ccc4c(c3)C3(CC5CCC3C5)c3ccccc3-4)c3cccc4sc5c6ccccc6ccc5c34)c21. The highest BCUT2D eigenvalue weighted by atomic mass is 32.1. The highest BCUT2D eigenvalue weighted by Gasteiger charge is 2.56. The number of thiophene rings is 1. The Kier molecular flexibility index (Phi) is 6.73. The topological polar surface area (TPSA) is 3.24 Å². The molecule has 278 valence electrons. The maximum Gasteiger partial charge on any atom is 0.0555 e. The minimum absolute atomic E-state index is 0.0894. The van der Waals surface area contributed by atoms with Gasteiger partial charge in [0.1, 0.15) is 0 Å². The normalized spacial score (nSPS) is 20.5. The summed E-state index contributed by atoms with van der Waals surface area (Å²) < 4.78 is 2.68. The number of hydrogen-bond acceptors (Lipinski definition) is 2. The summed E-state index contributed by atoms with van der Waals surface area (Å²) in [4.78, 5) is 2.64. The van der Waals surface area contributed by atoms with E-state index in [9.17, 15) is 0 Å². The molecule has 8 aromatic carbocycles. The summed E-state index contributed by atoms with van der Waals surface area (Å²) >= 11 is 1.93. The molecule has 4 aliphatic carbocycles. The maximum atomic E-state index is 2.64. The largest absolute Gasteiger partial charge is 0.309 e. The minimum Gasteiger partial charge on any atom is -0.309 e. The van der Waals surface area contributed by atoms with Crippen LogP contribution in [-0.2, 0) is 10.8 Å². The predicted molar refractivity (Wildman–Crippen MR) is 246 cm³/mol. The first kappa shape index (κ1) is 33.1. The van der Waals surface area contributed by atoms with Gasteiger partial charge in [-0.2, -0.15) is 0 Å². The van der Waals surface area contributed by atoms with Crippen LogP contribution in [0.4, 0.5) is 17.1 Å². The Bertz CT molecular complexity index is 3200. The van der Waals surface area contributed by atoms with Crippen LogP contribution in [0, 0.1) is 11.8 Å². The molecule has 0 N–H and O–H groups in total. The van der Waals surface area contributed by atoms with E-state index >= 15 is 0 Å². The molecule has 2 bridgehead atoms. The molecular weight excluding hydrogens is 719 g/mol. The number of hydrogen-bond donors (Lipinski definition) is 0. The van der Waals surface area contributed by atoms with Crippen molar-refractivity contribution in [2.45, 2.75) is 50.4 Å². The zero-order valence-corrected chi connectivity index (χ0v) is 33.7. The third-order valence-electron chi connectivity index (χ3n) is 14.9. The number of anilines is 3. The number of nitrogens with zero attached hydrogens (tertiary/aromatic N) is 1. The van der Waals surface area contributed by atoms with Gasteiger partial charge in [0, 0.05) is 42.3 Å². The molecule has 9 aromatic rings. The summed E-state index contributed by atoms with van der Waals surface area (Å²) in [6.45, 7) is 4.83. The van der Waals surface area contributed by atoms with Crippen LogP contribution in [0.2, 0.25) is 0 Å². The third kappa shape index (κ3) is 4.26. The van der Waals surface area contributed by atoms with Gasteiger partial charge in [0.2, 0.25) is 0 Å². The highest BCUT2D eigenvalue weighted by Crippen LogP contribution is 2.66. The van der Waals surface area contributed by atoms with Crippen LogP contribution >= 0.6 is 11.3 Å². The Hall–Kier alpha value is -5.96. The van der Waals surface area contributed by atoms with Crippen molar-refractivity contribution in [3.05, 3.63) is 186 Å². The highest BCUT2D eigenvalue weighted by molar-refractivity contribution is 7.26. The van der Waals surface area contributed by atoms with Gasteiger partial charge < -0.3 is 4.90 Å². The Morgan fingerprint density at radius 1 is 0.534 bits per heavy atom. The monoisotopic (exact) mass is 761 g/mol.